The number of carbonyl (C=O) groups is 2. The van der Waals surface area contributed by atoms with Crippen LogP contribution in [0.5, 0.6) is 5.75 Å². The van der Waals surface area contributed by atoms with Crippen LogP contribution in [0.1, 0.15) is 46.2 Å². The number of nitrogens with zero attached hydrogens (tertiary/aromatic N) is 3. The predicted octanol–water partition coefficient (Wildman–Crippen LogP) is 2.11. The smallest absolute Gasteiger partial charge is 0.278 e. The first-order valence-electron chi connectivity index (χ1n) is 10.7. The van der Waals surface area contributed by atoms with E-state index in [2.05, 4.69) is 5.32 Å². The number of alkyl halides is 2. The normalized spacial score (nSPS) is 21.5. The number of nitrogens with one attached hydrogen (secondary N) is 1. The molecule has 1 fully saturated rings. The Bertz CT molecular complexity index is 1230. The Kier molecular flexibility index (Phi) is 6.43. The van der Waals surface area contributed by atoms with Crippen molar-refractivity contribution in [2.75, 3.05) is 18.4 Å². The summed E-state index contributed by atoms with van der Waals surface area (Å²) < 4.78 is 69.8. The lowest BCUT2D eigenvalue weighted by atomic mass is 10.0. The monoisotopic (exact) mass is 500 g/mol. The molecule has 2 bridgehead atoms. The SMILES string of the molecule is C[C@@H]1C[C@H](F)[C@H](CCF)N2CN1n1cc(C(=O)NCc3c(F)cc(F)cc3F)c(=O)c(O)c1C2=O. The summed E-state index contributed by atoms with van der Waals surface area (Å²) in [5.74, 6) is -6.77. The number of hydrogen-bond acceptors (Lipinski definition) is 5. The third-order valence-corrected chi connectivity index (χ3v) is 6.28. The van der Waals surface area contributed by atoms with E-state index in [-0.39, 0.29) is 19.5 Å². The minimum atomic E-state index is -1.57. The average Bonchev–Trinajstić information content (AvgIpc) is 2.89. The number of fused-ring (bicyclic) bond motifs is 4. The van der Waals surface area contributed by atoms with Crippen LogP contribution in [0, 0.1) is 17.5 Å². The van der Waals surface area contributed by atoms with E-state index in [1.54, 1.807) is 6.92 Å². The number of benzene rings is 1. The first-order valence-corrected chi connectivity index (χ1v) is 10.7. The molecule has 8 nitrogen and oxygen atoms in total. The number of aromatic hydroxyl groups is 1. The second kappa shape index (κ2) is 9.19. The molecule has 2 aromatic rings. The number of rotatable bonds is 5. The molecule has 3 atom stereocenters. The molecule has 188 valence electrons. The summed E-state index contributed by atoms with van der Waals surface area (Å²) in [7, 11) is 0. The van der Waals surface area contributed by atoms with E-state index in [9.17, 15) is 41.4 Å². The molecule has 3 heterocycles. The fourth-order valence-corrected chi connectivity index (χ4v) is 4.44. The molecular weight excluding hydrogens is 479 g/mol. The molecule has 0 spiro atoms. The summed E-state index contributed by atoms with van der Waals surface area (Å²) in [5.41, 5.74) is -3.06. The maximum Gasteiger partial charge on any atom is 0.278 e. The van der Waals surface area contributed by atoms with Gasteiger partial charge in [-0.3, -0.25) is 28.5 Å². The first-order chi connectivity index (χ1) is 16.5. The molecule has 1 saturated heterocycles. The standard InChI is InChI=1S/C22H21F5N4O4/c1-10-4-16(27)17(2-3-23)29-9-31(10)30-8-13(19(32)20(33)18(30)22(29)35)21(34)28-7-12-14(25)5-11(24)6-15(12)26/h5-6,8,10,16-17,33H,2-4,7,9H2,1H3,(H,28,34)/t10-,16+,17+/m1/s1. The zero-order chi connectivity index (χ0) is 25.6. The van der Waals surface area contributed by atoms with Gasteiger partial charge >= 0.3 is 0 Å². The molecule has 1 aromatic heterocycles. The van der Waals surface area contributed by atoms with Crippen molar-refractivity contribution in [1.82, 2.24) is 14.9 Å². The third-order valence-electron chi connectivity index (χ3n) is 6.28. The highest BCUT2D eigenvalue weighted by atomic mass is 19.2. The van der Waals surface area contributed by atoms with Crippen LogP contribution < -0.4 is 15.8 Å². The van der Waals surface area contributed by atoms with Crippen molar-refractivity contribution in [2.45, 2.75) is 44.6 Å². The van der Waals surface area contributed by atoms with Crippen LogP contribution in [0.4, 0.5) is 22.0 Å². The van der Waals surface area contributed by atoms with Crippen LogP contribution in [0.3, 0.4) is 0 Å². The van der Waals surface area contributed by atoms with Gasteiger partial charge in [-0.15, -0.1) is 0 Å². The van der Waals surface area contributed by atoms with Gasteiger partial charge in [-0.05, 0) is 13.3 Å². The first kappa shape index (κ1) is 24.5. The number of amides is 2. The Morgan fingerprint density at radius 1 is 1.20 bits per heavy atom. The van der Waals surface area contributed by atoms with E-state index in [0.29, 0.717) is 12.1 Å². The van der Waals surface area contributed by atoms with Crippen molar-refractivity contribution in [3.8, 4) is 5.75 Å². The van der Waals surface area contributed by atoms with E-state index in [1.165, 1.54) is 5.01 Å². The van der Waals surface area contributed by atoms with E-state index in [4.69, 9.17) is 0 Å². The maximum atomic E-state index is 14.8. The fraction of sp³-hybridized carbons (Fsp3) is 0.409. The van der Waals surface area contributed by atoms with Gasteiger partial charge < -0.3 is 15.3 Å². The Balaban J connectivity index is 1.71. The maximum absolute atomic E-state index is 14.8. The van der Waals surface area contributed by atoms with Gasteiger partial charge in [-0.25, -0.2) is 17.6 Å². The summed E-state index contributed by atoms with van der Waals surface area (Å²) in [6.07, 6.45) is -0.957. The average molecular weight is 500 g/mol. The van der Waals surface area contributed by atoms with E-state index >= 15 is 0 Å². The highest BCUT2D eigenvalue weighted by molar-refractivity contribution is 5.99. The van der Waals surface area contributed by atoms with Gasteiger partial charge in [0.15, 0.2) is 11.4 Å². The minimum Gasteiger partial charge on any atom is -0.502 e. The van der Waals surface area contributed by atoms with Crippen molar-refractivity contribution in [3.05, 3.63) is 62.8 Å². The predicted molar refractivity (Wildman–Crippen MR) is 112 cm³/mol. The van der Waals surface area contributed by atoms with Crippen molar-refractivity contribution in [1.29, 1.82) is 0 Å². The molecule has 0 unspecified atom stereocenters. The summed E-state index contributed by atoms with van der Waals surface area (Å²) in [6, 6.07) is -0.830. The lowest BCUT2D eigenvalue weighted by Gasteiger charge is -2.42. The number of aromatic nitrogens is 1. The van der Waals surface area contributed by atoms with Gasteiger partial charge in [0, 0.05) is 42.9 Å². The van der Waals surface area contributed by atoms with E-state index in [0.717, 1.165) is 15.8 Å². The molecule has 2 N–H and O–H groups in total. The van der Waals surface area contributed by atoms with Gasteiger partial charge in [0.25, 0.3) is 11.8 Å². The topological polar surface area (TPSA) is 94.9 Å². The Hall–Kier alpha value is -3.64. The van der Waals surface area contributed by atoms with Gasteiger partial charge in [0.1, 0.15) is 35.9 Å². The van der Waals surface area contributed by atoms with E-state index < -0.39 is 88.7 Å². The molecule has 35 heavy (non-hydrogen) atoms. The summed E-state index contributed by atoms with van der Waals surface area (Å²) in [6.45, 7) is -0.180. The second-order valence-corrected chi connectivity index (χ2v) is 8.45. The summed E-state index contributed by atoms with van der Waals surface area (Å²) >= 11 is 0. The number of hydrogen-bond donors (Lipinski definition) is 2. The van der Waals surface area contributed by atoms with Crippen molar-refractivity contribution >= 4 is 11.8 Å². The lowest BCUT2D eigenvalue weighted by Crippen LogP contribution is -2.58. The number of pyridine rings is 1. The summed E-state index contributed by atoms with van der Waals surface area (Å²) in [5, 5.41) is 14.1. The number of carbonyl (C=O) groups excluding carboxylic acids is 2. The largest absolute Gasteiger partial charge is 0.502 e. The van der Waals surface area contributed by atoms with Crippen molar-refractivity contribution < 1.29 is 36.6 Å². The van der Waals surface area contributed by atoms with Crippen LogP contribution in [-0.4, -0.2) is 58.1 Å². The van der Waals surface area contributed by atoms with Crippen molar-refractivity contribution in [2.24, 2.45) is 0 Å². The van der Waals surface area contributed by atoms with Gasteiger partial charge in [0.05, 0.1) is 12.7 Å². The van der Waals surface area contributed by atoms with Crippen LogP contribution in [0.2, 0.25) is 0 Å². The van der Waals surface area contributed by atoms with Crippen LogP contribution in [0.25, 0.3) is 0 Å². The van der Waals surface area contributed by atoms with Gasteiger partial charge in [-0.1, -0.05) is 0 Å². The molecule has 2 aliphatic rings. The second-order valence-electron chi connectivity index (χ2n) is 8.45. The van der Waals surface area contributed by atoms with Crippen molar-refractivity contribution in [3.63, 3.8) is 0 Å². The van der Waals surface area contributed by atoms with Crippen LogP contribution >= 0.6 is 0 Å². The van der Waals surface area contributed by atoms with Crippen LogP contribution in [-0.2, 0) is 6.54 Å². The third kappa shape index (κ3) is 4.19. The van der Waals surface area contributed by atoms with Gasteiger partial charge in [-0.2, -0.15) is 0 Å². The number of halogens is 5. The van der Waals surface area contributed by atoms with Crippen LogP contribution in [0.15, 0.2) is 23.1 Å². The zero-order valence-corrected chi connectivity index (χ0v) is 18.4. The molecular formula is C22H21F5N4O4. The molecule has 2 aliphatic heterocycles. The molecule has 0 radical (unpaired) electrons. The van der Waals surface area contributed by atoms with Gasteiger partial charge in [0.2, 0.25) is 5.43 Å². The fourth-order valence-electron chi connectivity index (χ4n) is 4.44. The highest BCUT2D eigenvalue weighted by Gasteiger charge is 2.44. The lowest BCUT2D eigenvalue weighted by molar-refractivity contribution is 0.0497. The molecule has 13 heteroatoms. The Labute approximate surface area is 195 Å². The molecule has 0 aliphatic carbocycles. The Morgan fingerprint density at radius 3 is 2.49 bits per heavy atom. The minimum absolute atomic E-state index is 0.0918. The van der Waals surface area contributed by atoms with E-state index in [1.807, 2.05) is 0 Å². The highest BCUT2D eigenvalue weighted by Crippen LogP contribution is 2.31. The zero-order valence-electron chi connectivity index (χ0n) is 18.4. The molecule has 4 rings (SSSR count). The molecule has 1 aromatic carbocycles. The molecule has 2 amide bonds. The quantitative estimate of drug-likeness (QED) is 0.614. The molecule has 0 saturated carbocycles. The Morgan fingerprint density at radius 2 is 1.86 bits per heavy atom. The summed E-state index contributed by atoms with van der Waals surface area (Å²) in [4.78, 5) is 39.5.